The summed E-state index contributed by atoms with van der Waals surface area (Å²) in [5.41, 5.74) is 1.70. The third-order valence-electron chi connectivity index (χ3n) is 6.02. The van der Waals surface area contributed by atoms with Gasteiger partial charge in [0.15, 0.2) is 11.6 Å². The third kappa shape index (κ3) is 3.10. The van der Waals surface area contributed by atoms with Crippen LogP contribution in [0.15, 0.2) is 41.2 Å². The number of carbonyl (C=O) groups is 1. The van der Waals surface area contributed by atoms with Gasteiger partial charge < -0.3 is 14.9 Å². The van der Waals surface area contributed by atoms with E-state index < -0.39 is 17.5 Å². The molecular weight excluding hydrogens is 407 g/mol. The monoisotopic (exact) mass is 425 g/mol. The second-order valence-electron chi connectivity index (χ2n) is 7.90. The molecule has 1 amide bonds. The molecule has 1 atom stereocenters. The predicted octanol–water partition coefficient (Wildman–Crippen LogP) is 4.58. The minimum atomic E-state index is -0.995. The summed E-state index contributed by atoms with van der Waals surface area (Å²) in [6, 6.07) is 7.27. The number of rotatable bonds is 2. The SMILES string of the molecule is CN(C(=O)c1cc2cc(F)c(F)cc2[nH]1)C1CCCc2[nH]c(=O)c3cc(F)ccc3c21. The molecule has 158 valence electrons. The van der Waals surface area contributed by atoms with Crippen LogP contribution in [0.2, 0.25) is 0 Å². The Balaban J connectivity index is 1.59. The van der Waals surface area contributed by atoms with E-state index in [1.807, 2.05) is 0 Å². The van der Waals surface area contributed by atoms with Gasteiger partial charge in [-0.3, -0.25) is 9.59 Å². The van der Waals surface area contributed by atoms with E-state index in [1.54, 1.807) is 18.0 Å². The number of H-pyrrole nitrogens is 2. The molecule has 4 aromatic rings. The van der Waals surface area contributed by atoms with Crippen LogP contribution in [-0.4, -0.2) is 27.8 Å². The number of aryl methyl sites for hydroxylation is 1. The molecule has 1 aliphatic carbocycles. The quantitative estimate of drug-likeness (QED) is 0.494. The number of pyridine rings is 1. The summed E-state index contributed by atoms with van der Waals surface area (Å²) in [6.07, 6.45) is 2.08. The average molecular weight is 425 g/mol. The molecule has 0 fully saturated rings. The summed E-state index contributed by atoms with van der Waals surface area (Å²) >= 11 is 0. The smallest absolute Gasteiger partial charge is 0.270 e. The van der Waals surface area contributed by atoms with Crippen LogP contribution in [0.1, 0.15) is 40.6 Å². The number of hydrogen-bond donors (Lipinski definition) is 2. The standard InChI is InChI=1S/C23H18F3N3O2/c1-29(23(31)19-8-11-7-15(25)16(26)10-18(11)27-19)20-4-2-3-17-21(20)13-6-5-12(24)9-14(13)22(30)28-17/h5-10,20,27H,2-4H2,1H3,(H,28,30). The number of nitrogens with zero attached hydrogens (tertiary/aromatic N) is 1. The maximum atomic E-state index is 13.7. The van der Waals surface area contributed by atoms with Gasteiger partial charge in [0.25, 0.3) is 11.5 Å². The van der Waals surface area contributed by atoms with Gasteiger partial charge in [-0.1, -0.05) is 6.07 Å². The topological polar surface area (TPSA) is 69.0 Å². The fourth-order valence-electron chi connectivity index (χ4n) is 4.53. The molecule has 2 aromatic heterocycles. The Kier molecular flexibility index (Phi) is 4.39. The van der Waals surface area contributed by atoms with Gasteiger partial charge in [-0.05, 0) is 48.9 Å². The summed E-state index contributed by atoms with van der Waals surface area (Å²) in [7, 11) is 1.65. The molecule has 2 N–H and O–H groups in total. The number of benzene rings is 2. The number of nitrogens with one attached hydrogen (secondary N) is 2. The molecule has 31 heavy (non-hydrogen) atoms. The fourth-order valence-corrected chi connectivity index (χ4v) is 4.53. The lowest BCUT2D eigenvalue weighted by atomic mass is 9.86. The van der Waals surface area contributed by atoms with Crippen molar-refractivity contribution in [2.45, 2.75) is 25.3 Å². The number of carbonyl (C=O) groups excluding carboxylic acids is 1. The van der Waals surface area contributed by atoms with E-state index in [0.29, 0.717) is 29.1 Å². The van der Waals surface area contributed by atoms with Crippen molar-refractivity contribution in [2.24, 2.45) is 0 Å². The molecular formula is C23H18F3N3O2. The van der Waals surface area contributed by atoms with Crippen molar-refractivity contribution in [1.29, 1.82) is 0 Å². The summed E-state index contributed by atoms with van der Waals surface area (Å²) in [4.78, 5) is 32.9. The van der Waals surface area contributed by atoms with E-state index in [0.717, 1.165) is 29.8 Å². The normalized spacial score (nSPS) is 15.9. The molecule has 1 unspecified atom stereocenters. The van der Waals surface area contributed by atoms with Crippen molar-refractivity contribution in [3.8, 4) is 0 Å². The molecule has 5 rings (SSSR count). The zero-order valence-electron chi connectivity index (χ0n) is 16.6. The van der Waals surface area contributed by atoms with Crippen molar-refractivity contribution < 1.29 is 18.0 Å². The fraction of sp³-hybridized carbons (Fsp3) is 0.217. The minimum Gasteiger partial charge on any atom is -0.350 e. The molecule has 0 aliphatic heterocycles. The number of hydrogen-bond acceptors (Lipinski definition) is 2. The lowest BCUT2D eigenvalue weighted by molar-refractivity contribution is 0.0710. The first-order chi connectivity index (χ1) is 14.8. The van der Waals surface area contributed by atoms with E-state index in [4.69, 9.17) is 0 Å². The Bertz CT molecular complexity index is 1380. The number of amides is 1. The molecule has 1 aliphatic rings. The molecule has 0 bridgehead atoms. The molecule has 5 nitrogen and oxygen atoms in total. The van der Waals surface area contributed by atoms with Crippen LogP contribution in [0.5, 0.6) is 0 Å². The number of halogens is 3. The maximum Gasteiger partial charge on any atom is 0.270 e. The molecule has 2 aromatic carbocycles. The second kappa shape index (κ2) is 7.01. The Morgan fingerprint density at radius 1 is 1.03 bits per heavy atom. The van der Waals surface area contributed by atoms with E-state index in [-0.39, 0.29) is 28.6 Å². The van der Waals surface area contributed by atoms with Crippen molar-refractivity contribution in [3.05, 3.63) is 81.2 Å². The summed E-state index contributed by atoms with van der Waals surface area (Å²) < 4.78 is 40.8. The third-order valence-corrected chi connectivity index (χ3v) is 6.02. The zero-order valence-corrected chi connectivity index (χ0v) is 16.6. The lowest BCUT2D eigenvalue weighted by Gasteiger charge is -2.33. The van der Waals surface area contributed by atoms with Gasteiger partial charge in [0.1, 0.15) is 11.5 Å². The van der Waals surface area contributed by atoms with Gasteiger partial charge in [0, 0.05) is 35.3 Å². The molecule has 8 heteroatoms. The number of aromatic nitrogens is 2. The Hall–Kier alpha value is -3.55. The van der Waals surface area contributed by atoms with Crippen LogP contribution in [0, 0.1) is 17.5 Å². The number of fused-ring (bicyclic) bond motifs is 4. The average Bonchev–Trinajstić information content (AvgIpc) is 3.15. The molecule has 0 saturated heterocycles. The van der Waals surface area contributed by atoms with Crippen LogP contribution >= 0.6 is 0 Å². The molecule has 2 heterocycles. The summed E-state index contributed by atoms with van der Waals surface area (Å²) in [5, 5.41) is 1.25. The molecule has 0 saturated carbocycles. The van der Waals surface area contributed by atoms with Crippen LogP contribution in [0.3, 0.4) is 0 Å². The Morgan fingerprint density at radius 3 is 2.61 bits per heavy atom. The highest BCUT2D eigenvalue weighted by Crippen LogP contribution is 2.37. The van der Waals surface area contributed by atoms with Gasteiger partial charge in [0.05, 0.1) is 11.4 Å². The van der Waals surface area contributed by atoms with E-state index >= 15 is 0 Å². The largest absolute Gasteiger partial charge is 0.350 e. The van der Waals surface area contributed by atoms with Crippen molar-refractivity contribution in [3.63, 3.8) is 0 Å². The maximum absolute atomic E-state index is 13.7. The van der Waals surface area contributed by atoms with E-state index in [1.165, 1.54) is 18.2 Å². The van der Waals surface area contributed by atoms with Crippen LogP contribution < -0.4 is 5.56 Å². The zero-order chi connectivity index (χ0) is 21.9. The van der Waals surface area contributed by atoms with E-state index in [9.17, 15) is 22.8 Å². The summed E-state index contributed by atoms with van der Waals surface area (Å²) in [5.74, 6) is -2.84. The van der Waals surface area contributed by atoms with Gasteiger partial charge in [-0.2, -0.15) is 0 Å². The van der Waals surface area contributed by atoms with Crippen LogP contribution in [-0.2, 0) is 6.42 Å². The highest BCUT2D eigenvalue weighted by molar-refractivity contribution is 5.98. The first kappa shape index (κ1) is 19.4. The lowest BCUT2D eigenvalue weighted by Crippen LogP contribution is -2.34. The van der Waals surface area contributed by atoms with Gasteiger partial charge in [-0.15, -0.1) is 0 Å². The first-order valence-electron chi connectivity index (χ1n) is 9.92. The van der Waals surface area contributed by atoms with Crippen LogP contribution in [0.25, 0.3) is 21.7 Å². The Morgan fingerprint density at radius 2 is 1.81 bits per heavy atom. The highest BCUT2D eigenvalue weighted by Gasteiger charge is 2.31. The van der Waals surface area contributed by atoms with Crippen LogP contribution in [0.4, 0.5) is 13.2 Å². The minimum absolute atomic E-state index is 0.203. The highest BCUT2D eigenvalue weighted by atomic mass is 19.2. The second-order valence-corrected chi connectivity index (χ2v) is 7.90. The van der Waals surface area contributed by atoms with Gasteiger partial charge in [0.2, 0.25) is 0 Å². The molecule has 0 spiro atoms. The molecule has 0 radical (unpaired) electrons. The van der Waals surface area contributed by atoms with Gasteiger partial charge in [-0.25, -0.2) is 13.2 Å². The Labute approximate surface area is 174 Å². The van der Waals surface area contributed by atoms with Gasteiger partial charge >= 0.3 is 0 Å². The van der Waals surface area contributed by atoms with Crippen molar-refractivity contribution in [2.75, 3.05) is 7.05 Å². The first-order valence-corrected chi connectivity index (χ1v) is 9.92. The van der Waals surface area contributed by atoms with Crippen molar-refractivity contribution in [1.82, 2.24) is 14.9 Å². The summed E-state index contributed by atoms with van der Waals surface area (Å²) in [6.45, 7) is 0. The number of aromatic amines is 2. The van der Waals surface area contributed by atoms with Crippen molar-refractivity contribution >= 4 is 27.6 Å². The van der Waals surface area contributed by atoms with E-state index in [2.05, 4.69) is 9.97 Å². The predicted molar refractivity (Wildman–Crippen MR) is 111 cm³/mol.